The molecule has 4 rings (SSSR count). The van der Waals surface area contributed by atoms with Crippen molar-refractivity contribution in [3.05, 3.63) is 69.8 Å². The fraction of sp³-hybridized carbons (Fsp3) is 0.423. The van der Waals surface area contributed by atoms with Gasteiger partial charge in [0.25, 0.3) is 0 Å². The number of hydrogen-bond acceptors (Lipinski definition) is 4. The lowest BCUT2D eigenvalue weighted by molar-refractivity contribution is 0.0994. The number of benzene rings is 2. The summed E-state index contributed by atoms with van der Waals surface area (Å²) in [6, 6.07) is 16.8. The van der Waals surface area contributed by atoms with E-state index in [2.05, 4.69) is 24.3 Å². The molecule has 0 aromatic heterocycles. The molecule has 1 atom stereocenters. The lowest BCUT2D eigenvalue weighted by Crippen LogP contribution is -2.14. The highest BCUT2D eigenvalue weighted by atomic mass is 16.1. The van der Waals surface area contributed by atoms with Gasteiger partial charge in [0.1, 0.15) is 0 Å². The number of rotatable bonds is 2. The standard InChI is InChI=1S/C13H16N2.C13H13NO/c2*1-13(2,8-14)10-4-5-11-9(7-10)3-6-12(11)15/h4-5,7,12H,3,6,15H2,1-2H3;4-5,7H,3,6H2,1-2H3. The fourth-order valence-electron chi connectivity index (χ4n) is 4.01. The van der Waals surface area contributed by atoms with Crippen LogP contribution in [0, 0.1) is 22.7 Å². The molecule has 2 aromatic carbocycles. The zero-order valence-corrected chi connectivity index (χ0v) is 18.2. The van der Waals surface area contributed by atoms with Crippen molar-refractivity contribution >= 4 is 5.78 Å². The van der Waals surface area contributed by atoms with Crippen molar-refractivity contribution in [2.75, 3.05) is 0 Å². The zero-order chi connectivity index (χ0) is 22.1. The van der Waals surface area contributed by atoms with Gasteiger partial charge >= 0.3 is 0 Å². The molecule has 0 saturated carbocycles. The van der Waals surface area contributed by atoms with Crippen molar-refractivity contribution in [3.8, 4) is 12.1 Å². The van der Waals surface area contributed by atoms with Crippen molar-refractivity contribution < 1.29 is 4.79 Å². The fourth-order valence-corrected chi connectivity index (χ4v) is 4.01. The van der Waals surface area contributed by atoms with Crippen molar-refractivity contribution in [2.45, 2.75) is 70.3 Å². The molecule has 0 bridgehead atoms. The number of aryl methyl sites for hydroxylation is 2. The molecule has 4 heteroatoms. The summed E-state index contributed by atoms with van der Waals surface area (Å²) >= 11 is 0. The first-order chi connectivity index (χ1) is 14.1. The summed E-state index contributed by atoms with van der Waals surface area (Å²) in [6.45, 7) is 7.68. The van der Waals surface area contributed by atoms with Gasteiger partial charge in [0, 0.05) is 18.0 Å². The highest BCUT2D eigenvalue weighted by Gasteiger charge is 2.25. The Morgan fingerprint density at radius 2 is 1.43 bits per heavy atom. The van der Waals surface area contributed by atoms with Gasteiger partial charge in [-0.1, -0.05) is 36.4 Å². The second-order valence-electron chi connectivity index (χ2n) is 9.33. The SMILES string of the molecule is CC(C)(C#N)c1ccc2c(c1)CCC2=O.CC(C)(C#N)c1ccc2c(c1)CCC2N. The summed E-state index contributed by atoms with van der Waals surface area (Å²) < 4.78 is 0. The monoisotopic (exact) mass is 399 g/mol. The van der Waals surface area contributed by atoms with E-state index < -0.39 is 10.8 Å². The van der Waals surface area contributed by atoms with Crippen molar-refractivity contribution in [1.82, 2.24) is 0 Å². The maximum absolute atomic E-state index is 11.4. The van der Waals surface area contributed by atoms with E-state index in [4.69, 9.17) is 16.3 Å². The zero-order valence-electron chi connectivity index (χ0n) is 18.2. The number of nitrogens with two attached hydrogens (primary N) is 1. The van der Waals surface area contributed by atoms with Crippen LogP contribution in [0.3, 0.4) is 0 Å². The Kier molecular flexibility index (Phi) is 5.84. The van der Waals surface area contributed by atoms with Crippen LogP contribution in [-0.4, -0.2) is 5.78 Å². The number of carbonyl (C=O) groups is 1. The summed E-state index contributed by atoms with van der Waals surface area (Å²) in [5.41, 5.74) is 11.7. The summed E-state index contributed by atoms with van der Waals surface area (Å²) in [7, 11) is 0. The Hall–Kier alpha value is -2.95. The second kappa shape index (κ2) is 8.05. The van der Waals surface area contributed by atoms with Crippen LogP contribution in [0.2, 0.25) is 0 Å². The minimum absolute atomic E-state index is 0.194. The topological polar surface area (TPSA) is 90.7 Å². The Morgan fingerprint density at radius 3 is 2.03 bits per heavy atom. The van der Waals surface area contributed by atoms with Crippen LogP contribution in [0.25, 0.3) is 0 Å². The average molecular weight is 400 g/mol. The van der Waals surface area contributed by atoms with E-state index in [0.29, 0.717) is 6.42 Å². The Morgan fingerprint density at radius 1 is 0.867 bits per heavy atom. The van der Waals surface area contributed by atoms with Crippen molar-refractivity contribution in [2.24, 2.45) is 5.73 Å². The predicted octanol–water partition coefficient (Wildman–Crippen LogP) is 5.05. The summed E-state index contributed by atoms with van der Waals surface area (Å²) in [5, 5.41) is 18.1. The molecule has 0 heterocycles. The molecule has 0 saturated heterocycles. The van der Waals surface area contributed by atoms with Gasteiger partial charge in [-0.15, -0.1) is 0 Å². The summed E-state index contributed by atoms with van der Waals surface area (Å²) in [6.07, 6.45) is 3.52. The van der Waals surface area contributed by atoms with Crippen LogP contribution in [0.1, 0.15) is 84.8 Å². The molecule has 4 nitrogen and oxygen atoms in total. The molecule has 2 aliphatic rings. The van der Waals surface area contributed by atoms with E-state index in [1.165, 1.54) is 11.1 Å². The third kappa shape index (κ3) is 4.16. The molecule has 2 N–H and O–H groups in total. The van der Waals surface area contributed by atoms with Gasteiger partial charge in [-0.25, -0.2) is 0 Å². The van der Waals surface area contributed by atoms with Crippen molar-refractivity contribution in [3.63, 3.8) is 0 Å². The number of hydrogen-bond donors (Lipinski definition) is 1. The van der Waals surface area contributed by atoms with Crippen LogP contribution in [-0.2, 0) is 23.7 Å². The highest BCUT2D eigenvalue weighted by Crippen LogP contribution is 2.33. The van der Waals surface area contributed by atoms with Crippen LogP contribution in [0.5, 0.6) is 0 Å². The summed E-state index contributed by atoms with van der Waals surface area (Å²) in [5.74, 6) is 0.228. The number of fused-ring (bicyclic) bond motifs is 2. The maximum Gasteiger partial charge on any atom is 0.163 e. The predicted molar refractivity (Wildman–Crippen MR) is 118 cm³/mol. The molecule has 0 aliphatic heterocycles. The maximum atomic E-state index is 11.4. The van der Waals surface area contributed by atoms with Crippen LogP contribution >= 0.6 is 0 Å². The number of nitrogens with zero attached hydrogens (tertiary/aromatic N) is 2. The minimum atomic E-state index is -0.472. The third-order valence-electron chi connectivity index (χ3n) is 6.30. The normalized spacial score (nSPS) is 17.3. The van der Waals surface area contributed by atoms with E-state index >= 15 is 0 Å². The quantitative estimate of drug-likeness (QED) is 0.765. The van der Waals surface area contributed by atoms with Crippen LogP contribution in [0.15, 0.2) is 36.4 Å². The molecule has 2 aromatic rings. The number of ketones is 1. The first-order valence-electron chi connectivity index (χ1n) is 10.5. The van der Waals surface area contributed by atoms with Gasteiger partial charge in [0.2, 0.25) is 0 Å². The largest absolute Gasteiger partial charge is 0.324 e. The van der Waals surface area contributed by atoms with Crippen molar-refractivity contribution in [1.29, 1.82) is 10.5 Å². The lowest BCUT2D eigenvalue weighted by Gasteiger charge is -2.17. The first-order valence-corrected chi connectivity index (χ1v) is 10.5. The van der Waals surface area contributed by atoms with E-state index in [9.17, 15) is 4.79 Å². The molecule has 2 aliphatic carbocycles. The molecule has 0 spiro atoms. The smallest absolute Gasteiger partial charge is 0.163 e. The first kappa shape index (κ1) is 21.8. The van der Waals surface area contributed by atoms with Gasteiger partial charge < -0.3 is 5.73 Å². The number of carbonyl (C=O) groups excluding carboxylic acids is 1. The van der Waals surface area contributed by atoms with Gasteiger partial charge in [0.15, 0.2) is 5.78 Å². The molecule has 154 valence electrons. The lowest BCUT2D eigenvalue weighted by atomic mass is 9.85. The highest BCUT2D eigenvalue weighted by molar-refractivity contribution is 6.00. The van der Waals surface area contributed by atoms with E-state index in [1.54, 1.807) is 0 Å². The van der Waals surface area contributed by atoms with Gasteiger partial charge in [-0.05, 0) is 74.8 Å². The van der Waals surface area contributed by atoms with Gasteiger partial charge in [0.05, 0.1) is 23.0 Å². The van der Waals surface area contributed by atoms with Crippen LogP contribution < -0.4 is 5.73 Å². The molecule has 30 heavy (non-hydrogen) atoms. The van der Waals surface area contributed by atoms with E-state index in [-0.39, 0.29) is 11.8 Å². The molecule has 0 amide bonds. The molecule has 0 radical (unpaired) electrons. The molecular formula is C26H29N3O. The number of Topliss-reactive ketones (excluding diaryl/α,β-unsaturated/α-hetero) is 1. The molecule has 1 unspecified atom stereocenters. The van der Waals surface area contributed by atoms with E-state index in [1.807, 2.05) is 52.0 Å². The number of nitriles is 2. The second-order valence-corrected chi connectivity index (χ2v) is 9.33. The van der Waals surface area contributed by atoms with Gasteiger partial charge in [-0.3, -0.25) is 4.79 Å². The summed E-state index contributed by atoms with van der Waals surface area (Å²) in [4.78, 5) is 11.4. The van der Waals surface area contributed by atoms with Crippen LogP contribution in [0.4, 0.5) is 0 Å². The van der Waals surface area contributed by atoms with E-state index in [0.717, 1.165) is 41.5 Å². The Bertz CT molecular complexity index is 1070. The van der Waals surface area contributed by atoms with Gasteiger partial charge in [-0.2, -0.15) is 10.5 Å². The molecule has 0 fully saturated rings. The molecular weight excluding hydrogens is 370 g/mol. The Balaban J connectivity index is 0.000000171. The third-order valence-corrected chi connectivity index (χ3v) is 6.30. The minimum Gasteiger partial charge on any atom is -0.324 e. The Labute approximate surface area is 179 Å². The average Bonchev–Trinajstić information content (AvgIpc) is 3.30.